The van der Waals surface area contributed by atoms with Gasteiger partial charge < -0.3 is 20.4 Å². The van der Waals surface area contributed by atoms with Crippen LogP contribution in [-0.2, 0) is 14.5 Å². The van der Waals surface area contributed by atoms with E-state index in [1.165, 1.54) is 0 Å². The van der Waals surface area contributed by atoms with Gasteiger partial charge in [0, 0.05) is 5.31 Å². The van der Waals surface area contributed by atoms with Gasteiger partial charge in [0.25, 0.3) is 0 Å². The van der Waals surface area contributed by atoms with E-state index in [0.29, 0.717) is 0 Å². The fraction of sp³-hybridized carbons (Fsp3) is 0.714. The summed E-state index contributed by atoms with van der Waals surface area (Å²) in [6.07, 6.45) is -2.55. The summed E-state index contributed by atoms with van der Waals surface area (Å²) in [5.74, 6) is -3.82. The second-order valence-electron chi connectivity index (χ2n) is 3.97. The zero-order valence-electron chi connectivity index (χ0n) is 8.75. The number of hydrogen-bond acceptors (Lipinski definition) is 6. The zero-order chi connectivity index (χ0) is 13.1. The van der Waals surface area contributed by atoms with E-state index < -0.39 is 35.6 Å². The van der Waals surface area contributed by atoms with E-state index in [1.54, 1.807) is 0 Å². The molecule has 0 aromatic rings. The van der Waals surface area contributed by atoms with Crippen molar-refractivity contribution in [2.75, 3.05) is 6.61 Å². The van der Waals surface area contributed by atoms with E-state index >= 15 is 0 Å². The SMILES string of the molecule is BC(C)(COO)C(O)(C(=O)O)C(O)C(=O)O. The van der Waals surface area contributed by atoms with Crippen molar-refractivity contribution in [3.8, 4) is 0 Å². The number of aliphatic carboxylic acids is 2. The zero-order valence-corrected chi connectivity index (χ0v) is 8.75. The molecule has 8 nitrogen and oxygen atoms in total. The van der Waals surface area contributed by atoms with Gasteiger partial charge in [-0.1, -0.05) is 6.92 Å². The summed E-state index contributed by atoms with van der Waals surface area (Å²) in [5.41, 5.74) is -2.98. The molecule has 0 radical (unpaired) electrons. The number of rotatable bonds is 6. The van der Waals surface area contributed by atoms with Crippen LogP contribution >= 0.6 is 0 Å². The minimum atomic E-state index is -2.98. The highest BCUT2D eigenvalue weighted by atomic mass is 17.1. The van der Waals surface area contributed by atoms with Crippen molar-refractivity contribution in [3.05, 3.63) is 0 Å². The highest BCUT2D eigenvalue weighted by Gasteiger charge is 2.58. The number of carboxylic acids is 2. The molecule has 3 unspecified atom stereocenters. The predicted octanol–water partition coefficient (Wildman–Crippen LogP) is -2.45. The van der Waals surface area contributed by atoms with Crippen molar-refractivity contribution in [2.45, 2.75) is 23.9 Å². The average Bonchev–Trinajstić information content (AvgIpc) is 2.14. The largest absolute Gasteiger partial charge is 0.479 e. The fourth-order valence-electron chi connectivity index (χ4n) is 1.23. The van der Waals surface area contributed by atoms with E-state index in [1.807, 2.05) is 0 Å². The molecule has 0 aliphatic carbocycles. The molecule has 0 aromatic carbocycles. The van der Waals surface area contributed by atoms with Crippen LogP contribution in [0.25, 0.3) is 0 Å². The Morgan fingerprint density at radius 1 is 1.44 bits per heavy atom. The van der Waals surface area contributed by atoms with Gasteiger partial charge >= 0.3 is 11.9 Å². The van der Waals surface area contributed by atoms with Gasteiger partial charge in [-0.25, -0.2) is 14.5 Å². The van der Waals surface area contributed by atoms with E-state index in [-0.39, 0.29) is 0 Å². The summed E-state index contributed by atoms with van der Waals surface area (Å²) in [6.45, 7) is 0.462. The van der Waals surface area contributed by atoms with Crippen molar-refractivity contribution < 1.29 is 40.2 Å². The van der Waals surface area contributed by atoms with Crippen molar-refractivity contribution >= 4 is 19.8 Å². The number of aliphatic hydroxyl groups is 2. The first-order valence-corrected chi connectivity index (χ1v) is 4.24. The van der Waals surface area contributed by atoms with Crippen LogP contribution in [0.2, 0.25) is 5.31 Å². The molecular weight excluding hydrogens is 223 g/mol. The first-order chi connectivity index (χ1) is 7.11. The third-order valence-corrected chi connectivity index (χ3v) is 2.41. The van der Waals surface area contributed by atoms with Gasteiger partial charge in [-0.15, -0.1) is 0 Å². The number of carbonyl (C=O) groups is 2. The lowest BCUT2D eigenvalue weighted by Crippen LogP contribution is -2.61. The number of hydrogen-bond donors (Lipinski definition) is 5. The molecule has 3 atom stereocenters. The summed E-state index contributed by atoms with van der Waals surface area (Å²) in [5, 5.41) is 42.8. The monoisotopic (exact) mass is 236 g/mol. The van der Waals surface area contributed by atoms with Crippen molar-refractivity contribution in [1.82, 2.24) is 0 Å². The fourth-order valence-corrected chi connectivity index (χ4v) is 1.23. The van der Waals surface area contributed by atoms with Crippen molar-refractivity contribution in [3.63, 3.8) is 0 Å². The topological polar surface area (TPSA) is 145 Å². The Balaban J connectivity index is 5.42. The van der Waals surface area contributed by atoms with Gasteiger partial charge in [0.1, 0.15) is 7.85 Å². The number of aliphatic hydroxyl groups excluding tert-OH is 1. The van der Waals surface area contributed by atoms with Crippen molar-refractivity contribution in [1.29, 1.82) is 0 Å². The lowest BCUT2D eigenvalue weighted by molar-refractivity contribution is -0.262. The minimum Gasteiger partial charge on any atom is -0.479 e. The third kappa shape index (κ3) is 2.32. The molecule has 9 heteroatoms. The minimum absolute atomic E-state index is 0.667. The molecule has 5 N–H and O–H groups in total. The van der Waals surface area contributed by atoms with Crippen molar-refractivity contribution in [2.24, 2.45) is 0 Å². The van der Waals surface area contributed by atoms with Crippen LogP contribution in [0, 0.1) is 0 Å². The molecule has 0 spiro atoms. The van der Waals surface area contributed by atoms with E-state index in [0.717, 1.165) is 14.8 Å². The quantitative estimate of drug-likeness (QED) is 0.194. The Hall–Kier alpha value is -1.16. The standard InChI is InChI=1S/C7H13BO8/c1-6(8,2-16-15)7(14,5(12)13)3(9)4(10)11/h3,9,14-15H,2,8H2,1H3,(H,10,11)(H,12,13). The molecule has 0 saturated heterocycles. The molecular formula is C7H13BO8. The van der Waals surface area contributed by atoms with E-state index in [2.05, 4.69) is 4.89 Å². The Kier molecular flexibility index (Phi) is 4.44. The maximum absolute atomic E-state index is 10.9. The average molecular weight is 236 g/mol. The molecule has 0 aliphatic heterocycles. The summed E-state index contributed by atoms with van der Waals surface area (Å²) < 4.78 is 0. The molecule has 0 aromatic heterocycles. The van der Waals surface area contributed by atoms with Gasteiger partial charge in [0.15, 0.2) is 11.7 Å². The normalized spacial score (nSPS) is 20.5. The second-order valence-corrected chi connectivity index (χ2v) is 3.97. The molecule has 92 valence electrons. The van der Waals surface area contributed by atoms with Crippen LogP contribution < -0.4 is 0 Å². The van der Waals surface area contributed by atoms with Crippen LogP contribution in [-0.4, -0.2) is 63.8 Å². The third-order valence-electron chi connectivity index (χ3n) is 2.41. The molecule has 0 aliphatic rings. The maximum atomic E-state index is 10.9. The lowest BCUT2D eigenvalue weighted by atomic mass is 9.58. The van der Waals surface area contributed by atoms with Gasteiger partial charge in [0.2, 0.25) is 0 Å². The molecule has 0 amide bonds. The van der Waals surface area contributed by atoms with E-state index in [9.17, 15) is 19.8 Å². The van der Waals surface area contributed by atoms with Gasteiger partial charge in [0.05, 0.1) is 6.61 Å². The van der Waals surface area contributed by atoms with Crippen LogP contribution in [0.15, 0.2) is 0 Å². The Morgan fingerprint density at radius 3 is 2.12 bits per heavy atom. The molecule has 0 fully saturated rings. The first kappa shape index (κ1) is 14.8. The second kappa shape index (κ2) is 4.79. The van der Waals surface area contributed by atoms with E-state index in [4.69, 9.17) is 15.5 Å². The summed E-state index contributed by atoms with van der Waals surface area (Å²) >= 11 is 0. The summed E-state index contributed by atoms with van der Waals surface area (Å²) in [7, 11) is 1.13. The molecule has 0 heterocycles. The van der Waals surface area contributed by atoms with Crippen LogP contribution in [0.3, 0.4) is 0 Å². The first-order valence-electron chi connectivity index (χ1n) is 4.24. The van der Waals surface area contributed by atoms with Gasteiger partial charge in [-0.2, -0.15) is 0 Å². The smallest absolute Gasteiger partial charge is 0.339 e. The molecule has 0 saturated carbocycles. The highest BCUT2D eigenvalue weighted by molar-refractivity contribution is 6.19. The van der Waals surface area contributed by atoms with Crippen LogP contribution in [0.4, 0.5) is 0 Å². The maximum Gasteiger partial charge on any atom is 0.339 e. The summed E-state index contributed by atoms with van der Waals surface area (Å²) in [6, 6.07) is 0. The Morgan fingerprint density at radius 2 is 1.88 bits per heavy atom. The lowest BCUT2D eigenvalue weighted by Gasteiger charge is -2.39. The Bertz CT molecular complexity index is 290. The molecule has 16 heavy (non-hydrogen) atoms. The molecule has 0 rings (SSSR count). The molecule has 0 bridgehead atoms. The van der Waals surface area contributed by atoms with Crippen LogP contribution in [0.5, 0.6) is 0 Å². The van der Waals surface area contributed by atoms with Crippen LogP contribution in [0.1, 0.15) is 6.92 Å². The summed E-state index contributed by atoms with van der Waals surface area (Å²) in [4.78, 5) is 25.1. The van der Waals surface area contributed by atoms with Gasteiger partial charge in [-0.3, -0.25) is 5.26 Å². The highest BCUT2D eigenvalue weighted by Crippen LogP contribution is 2.38. The number of carboxylic acid groups (broad SMARTS) is 2. The van der Waals surface area contributed by atoms with Gasteiger partial charge in [-0.05, 0) is 0 Å². The predicted molar refractivity (Wildman–Crippen MR) is 51.7 cm³/mol. The Labute approximate surface area is 91.4 Å².